The van der Waals surface area contributed by atoms with E-state index in [1.54, 1.807) is 12.4 Å². The average molecular weight is 279 g/mol. The quantitative estimate of drug-likeness (QED) is 0.546. The van der Waals surface area contributed by atoms with Crippen molar-refractivity contribution in [1.29, 1.82) is 0 Å². The van der Waals surface area contributed by atoms with Crippen LogP contribution in [0.25, 0.3) is 17.1 Å². The van der Waals surface area contributed by atoms with Crippen LogP contribution in [-0.2, 0) is 4.79 Å². The maximum absolute atomic E-state index is 11.2. The Bertz CT molecular complexity index is 766. The molecule has 0 aliphatic heterocycles. The van der Waals surface area contributed by atoms with E-state index >= 15 is 0 Å². The second-order valence-corrected chi connectivity index (χ2v) is 4.45. The number of aromatic nitrogens is 3. The molecule has 0 amide bonds. The van der Waals surface area contributed by atoms with Crippen molar-refractivity contribution in [2.45, 2.75) is 6.92 Å². The molecule has 0 bridgehead atoms. The Morgan fingerprint density at radius 3 is 2.52 bits per heavy atom. The van der Waals surface area contributed by atoms with Gasteiger partial charge < -0.3 is 4.74 Å². The average Bonchev–Trinajstić information content (AvgIpc) is 2.97. The van der Waals surface area contributed by atoms with Crippen molar-refractivity contribution in [2.75, 3.05) is 0 Å². The molecule has 0 saturated carbocycles. The second-order valence-electron chi connectivity index (χ2n) is 4.45. The minimum Gasteiger partial charge on any atom is -0.426 e. The molecule has 5 heteroatoms. The normalized spacial score (nSPS) is 10.3. The molecule has 0 unspecified atom stereocenters. The van der Waals surface area contributed by atoms with E-state index in [0.717, 1.165) is 5.69 Å². The van der Waals surface area contributed by atoms with Gasteiger partial charge in [0.05, 0.1) is 5.56 Å². The first kappa shape index (κ1) is 13.1. The van der Waals surface area contributed by atoms with Crippen molar-refractivity contribution in [3.8, 4) is 22.8 Å². The number of esters is 1. The Morgan fingerprint density at radius 2 is 1.76 bits per heavy atom. The van der Waals surface area contributed by atoms with Crippen LogP contribution in [0.3, 0.4) is 0 Å². The van der Waals surface area contributed by atoms with E-state index in [4.69, 9.17) is 4.74 Å². The van der Waals surface area contributed by atoms with Crippen LogP contribution in [0.2, 0.25) is 0 Å². The molecule has 0 N–H and O–H groups in total. The van der Waals surface area contributed by atoms with Crippen molar-refractivity contribution < 1.29 is 9.53 Å². The minimum absolute atomic E-state index is 0.367. The summed E-state index contributed by atoms with van der Waals surface area (Å²) in [7, 11) is 0. The van der Waals surface area contributed by atoms with Gasteiger partial charge in [0.2, 0.25) is 0 Å². The lowest BCUT2D eigenvalue weighted by Gasteiger charge is -2.10. The zero-order chi connectivity index (χ0) is 14.7. The summed E-state index contributed by atoms with van der Waals surface area (Å²) < 4.78 is 7.09. The molecule has 1 aromatic heterocycles. The summed E-state index contributed by atoms with van der Waals surface area (Å²) in [5.41, 5.74) is 1.66. The van der Waals surface area contributed by atoms with Gasteiger partial charge in [0.15, 0.2) is 5.82 Å². The lowest BCUT2D eigenvalue weighted by molar-refractivity contribution is -0.131. The van der Waals surface area contributed by atoms with Gasteiger partial charge in [0.1, 0.15) is 12.1 Å². The number of hydrogen-bond acceptors (Lipinski definition) is 4. The molecule has 1 heterocycles. The van der Waals surface area contributed by atoms with Crippen LogP contribution < -0.4 is 4.74 Å². The molecule has 104 valence electrons. The molecule has 0 aliphatic carbocycles. The SMILES string of the molecule is CC(=O)Oc1ccccc1-c1nncn1-c1ccccc1. The first-order chi connectivity index (χ1) is 10.3. The predicted octanol–water partition coefficient (Wildman–Crippen LogP) is 2.86. The molecule has 21 heavy (non-hydrogen) atoms. The second kappa shape index (κ2) is 5.58. The largest absolute Gasteiger partial charge is 0.426 e. The van der Waals surface area contributed by atoms with Gasteiger partial charge in [-0.15, -0.1) is 10.2 Å². The standard InChI is InChI=1S/C16H13N3O2/c1-12(20)21-15-10-6-5-9-14(15)16-18-17-11-19(16)13-7-3-2-4-8-13/h2-11H,1H3. The fourth-order valence-corrected chi connectivity index (χ4v) is 2.09. The smallest absolute Gasteiger partial charge is 0.308 e. The molecule has 3 rings (SSSR count). The van der Waals surface area contributed by atoms with E-state index in [0.29, 0.717) is 17.1 Å². The van der Waals surface area contributed by atoms with Crippen LogP contribution in [0.5, 0.6) is 5.75 Å². The summed E-state index contributed by atoms with van der Waals surface area (Å²) in [5, 5.41) is 8.12. The predicted molar refractivity (Wildman–Crippen MR) is 78.1 cm³/mol. The Balaban J connectivity index is 2.11. The molecule has 5 nitrogen and oxygen atoms in total. The number of rotatable bonds is 3. The topological polar surface area (TPSA) is 57.0 Å². The molecule has 0 spiro atoms. The summed E-state index contributed by atoms with van der Waals surface area (Å²) in [6.07, 6.45) is 1.63. The highest BCUT2D eigenvalue weighted by Crippen LogP contribution is 2.29. The van der Waals surface area contributed by atoms with Gasteiger partial charge in [-0.2, -0.15) is 0 Å². The first-order valence-corrected chi connectivity index (χ1v) is 6.49. The highest BCUT2D eigenvalue weighted by Gasteiger charge is 2.14. The maximum Gasteiger partial charge on any atom is 0.308 e. The summed E-state index contributed by atoms with van der Waals surface area (Å²) in [6.45, 7) is 1.37. The molecular weight excluding hydrogens is 266 g/mol. The first-order valence-electron chi connectivity index (χ1n) is 6.49. The monoisotopic (exact) mass is 279 g/mol. The van der Waals surface area contributed by atoms with Crippen LogP contribution in [0.15, 0.2) is 60.9 Å². The van der Waals surface area contributed by atoms with Gasteiger partial charge >= 0.3 is 5.97 Å². The lowest BCUT2D eigenvalue weighted by atomic mass is 10.2. The molecule has 0 fully saturated rings. The van der Waals surface area contributed by atoms with Gasteiger partial charge in [0, 0.05) is 12.6 Å². The Hall–Kier alpha value is -2.95. The molecule has 0 saturated heterocycles. The number of carbonyl (C=O) groups is 1. The van der Waals surface area contributed by atoms with Gasteiger partial charge in [-0.25, -0.2) is 0 Å². The number of para-hydroxylation sites is 2. The van der Waals surface area contributed by atoms with Crippen molar-refractivity contribution in [3.05, 3.63) is 60.9 Å². The molecule has 3 aromatic rings. The van der Waals surface area contributed by atoms with Gasteiger partial charge in [-0.1, -0.05) is 30.3 Å². The van der Waals surface area contributed by atoms with Crippen LogP contribution in [0.1, 0.15) is 6.92 Å². The van der Waals surface area contributed by atoms with Gasteiger partial charge in [-0.3, -0.25) is 9.36 Å². The molecule has 0 radical (unpaired) electrons. The fraction of sp³-hybridized carbons (Fsp3) is 0.0625. The summed E-state index contributed by atoms with van der Waals surface area (Å²) in [6, 6.07) is 17.0. The molecular formula is C16H13N3O2. The maximum atomic E-state index is 11.2. The third kappa shape index (κ3) is 2.67. The van der Waals surface area contributed by atoms with Gasteiger partial charge in [-0.05, 0) is 24.3 Å². The van der Waals surface area contributed by atoms with E-state index in [2.05, 4.69) is 10.2 Å². The van der Waals surface area contributed by atoms with Crippen LogP contribution in [0, 0.1) is 0 Å². The molecule has 2 aromatic carbocycles. The molecule has 0 aliphatic rings. The Labute approximate surface area is 121 Å². The summed E-state index contributed by atoms with van der Waals surface area (Å²) >= 11 is 0. The summed E-state index contributed by atoms with van der Waals surface area (Å²) in [4.78, 5) is 11.2. The van der Waals surface area contributed by atoms with Crippen LogP contribution in [-0.4, -0.2) is 20.7 Å². The van der Waals surface area contributed by atoms with E-state index in [9.17, 15) is 4.79 Å². The van der Waals surface area contributed by atoms with Crippen molar-refractivity contribution >= 4 is 5.97 Å². The van der Waals surface area contributed by atoms with Crippen molar-refractivity contribution in [3.63, 3.8) is 0 Å². The van der Waals surface area contributed by atoms with Crippen molar-refractivity contribution in [1.82, 2.24) is 14.8 Å². The number of hydrogen-bond donors (Lipinski definition) is 0. The minimum atomic E-state index is -0.367. The highest BCUT2D eigenvalue weighted by molar-refractivity contribution is 5.74. The highest BCUT2D eigenvalue weighted by atomic mass is 16.5. The van der Waals surface area contributed by atoms with Gasteiger partial charge in [0.25, 0.3) is 0 Å². The van der Waals surface area contributed by atoms with E-state index in [-0.39, 0.29) is 5.97 Å². The van der Waals surface area contributed by atoms with Crippen molar-refractivity contribution in [2.24, 2.45) is 0 Å². The number of carbonyl (C=O) groups excluding carboxylic acids is 1. The van der Waals surface area contributed by atoms with Crippen LogP contribution >= 0.6 is 0 Å². The van der Waals surface area contributed by atoms with E-state index < -0.39 is 0 Å². The zero-order valence-electron chi connectivity index (χ0n) is 11.4. The molecule has 0 atom stereocenters. The number of ether oxygens (including phenoxy) is 1. The summed E-state index contributed by atoms with van der Waals surface area (Å²) in [5.74, 6) is 0.724. The number of benzene rings is 2. The third-order valence-electron chi connectivity index (χ3n) is 2.96. The fourth-order valence-electron chi connectivity index (χ4n) is 2.09. The van der Waals surface area contributed by atoms with Crippen LogP contribution in [0.4, 0.5) is 0 Å². The lowest BCUT2D eigenvalue weighted by Crippen LogP contribution is -2.04. The third-order valence-corrected chi connectivity index (χ3v) is 2.96. The van der Waals surface area contributed by atoms with E-state index in [1.165, 1.54) is 6.92 Å². The Morgan fingerprint density at radius 1 is 1.05 bits per heavy atom. The Kier molecular flexibility index (Phi) is 3.47. The number of nitrogens with zero attached hydrogens (tertiary/aromatic N) is 3. The van der Waals surface area contributed by atoms with E-state index in [1.807, 2.05) is 53.1 Å². The zero-order valence-corrected chi connectivity index (χ0v) is 11.4.